The van der Waals surface area contributed by atoms with Crippen LogP contribution >= 0.6 is 11.8 Å². The molecule has 1 N–H and O–H groups in total. The van der Waals surface area contributed by atoms with Crippen molar-refractivity contribution in [1.29, 1.82) is 0 Å². The predicted octanol–water partition coefficient (Wildman–Crippen LogP) is 3.08. The van der Waals surface area contributed by atoms with Gasteiger partial charge in [0.25, 0.3) is 0 Å². The summed E-state index contributed by atoms with van der Waals surface area (Å²) >= 11 is 1.83. The minimum Gasteiger partial charge on any atom is -0.481 e. The van der Waals surface area contributed by atoms with Gasteiger partial charge in [-0.1, -0.05) is 19.1 Å². The third kappa shape index (κ3) is 1.76. The summed E-state index contributed by atoms with van der Waals surface area (Å²) in [5.41, 5.74) is 2.23. The molecular formula is C12H14O2S. The molecule has 2 unspecified atom stereocenters. The SMILES string of the molecule is CC1CSc2cccc(C(C)C(=O)O)c21. The van der Waals surface area contributed by atoms with Gasteiger partial charge in [-0.2, -0.15) is 0 Å². The van der Waals surface area contributed by atoms with Crippen LogP contribution in [0, 0.1) is 0 Å². The summed E-state index contributed by atoms with van der Waals surface area (Å²) in [6.07, 6.45) is 0. The van der Waals surface area contributed by atoms with E-state index in [1.807, 2.05) is 23.9 Å². The molecule has 0 amide bonds. The van der Waals surface area contributed by atoms with Crippen LogP contribution in [0.25, 0.3) is 0 Å². The molecular weight excluding hydrogens is 208 g/mol. The number of hydrogen-bond donors (Lipinski definition) is 1. The Morgan fingerprint density at radius 1 is 1.60 bits per heavy atom. The Bertz CT molecular complexity index is 401. The van der Waals surface area contributed by atoms with Crippen LogP contribution in [0.3, 0.4) is 0 Å². The van der Waals surface area contributed by atoms with Crippen molar-refractivity contribution in [2.75, 3.05) is 5.75 Å². The van der Waals surface area contributed by atoms with Gasteiger partial charge in [0.15, 0.2) is 0 Å². The largest absolute Gasteiger partial charge is 0.481 e. The fourth-order valence-corrected chi connectivity index (χ4v) is 3.27. The molecule has 0 bridgehead atoms. The van der Waals surface area contributed by atoms with Crippen molar-refractivity contribution in [2.24, 2.45) is 0 Å². The van der Waals surface area contributed by atoms with Crippen molar-refractivity contribution in [3.05, 3.63) is 29.3 Å². The number of carbonyl (C=O) groups is 1. The standard InChI is InChI=1S/C12H14O2S/c1-7-6-15-10-5-3-4-9(11(7)10)8(2)12(13)14/h3-5,7-8H,6H2,1-2H3,(H,13,14). The molecule has 0 spiro atoms. The van der Waals surface area contributed by atoms with Crippen molar-refractivity contribution < 1.29 is 9.90 Å². The van der Waals surface area contributed by atoms with Crippen LogP contribution in [0.2, 0.25) is 0 Å². The highest BCUT2D eigenvalue weighted by Crippen LogP contribution is 2.43. The van der Waals surface area contributed by atoms with Crippen LogP contribution < -0.4 is 0 Å². The van der Waals surface area contributed by atoms with E-state index in [1.165, 1.54) is 10.5 Å². The summed E-state index contributed by atoms with van der Waals surface area (Å²) < 4.78 is 0. The molecule has 0 aliphatic carbocycles. The fourth-order valence-electron chi connectivity index (χ4n) is 2.02. The van der Waals surface area contributed by atoms with Gasteiger partial charge in [0, 0.05) is 10.6 Å². The lowest BCUT2D eigenvalue weighted by molar-refractivity contribution is -0.138. The van der Waals surface area contributed by atoms with Crippen molar-refractivity contribution in [3.63, 3.8) is 0 Å². The van der Waals surface area contributed by atoms with E-state index in [1.54, 1.807) is 6.92 Å². The van der Waals surface area contributed by atoms with Crippen molar-refractivity contribution in [1.82, 2.24) is 0 Å². The minimum absolute atomic E-state index is 0.402. The van der Waals surface area contributed by atoms with E-state index in [0.717, 1.165) is 11.3 Å². The van der Waals surface area contributed by atoms with E-state index in [2.05, 4.69) is 13.0 Å². The molecule has 1 aliphatic heterocycles. The molecule has 2 rings (SSSR count). The second-order valence-electron chi connectivity index (χ2n) is 4.03. The second kappa shape index (κ2) is 3.89. The van der Waals surface area contributed by atoms with Gasteiger partial charge in [-0.3, -0.25) is 4.79 Å². The van der Waals surface area contributed by atoms with Gasteiger partial charge >= 0.3 is 5.97 Å². The third-order valence-corrected chi connectivity index (χ3v) is 4.25. The van der Waals surface area contributed by atoms with Crippen molar-refractivity contribution >= 4 is 17.7 Å². The van der Waals surface area contributed by atoms with Crippen LogP contribution in [0.5, 0.6) is 0 Å². The first-order valence-corrected chi connectivity index (χ1v) is 6.08. The molecule has 3 heteroatoms. The van der Waals surface area contributed by atoms with Crippen LogP contribution in [-0.2, 0) is 4.79 Å². The third-order valence-electron chi connectivity index (χ3n) is 2.92. The average Bonchev–Trinajstić information content (AvgIpc) is 2.59. The summed E-state index contributed by atoms with van der Waals surface area (Å²) in [6.45, 7) is 3.92. The highest BCUT2D eigenvalue weighted by molar-refractivity contribution is 7.99. The molecule has 1 heterocycles. The summed E-state index contributed by atoms with van der Waals surface area (Å²) in [7, 11) is 0. The molecule has 1 aliphatic rings. The smallest absolute Gasteiger partial charge is 0.310 e. The van der Waals surface area contributed by atoms with Crippen molar-refractivity contribution in [3.8, 4) is 0 Å². The zero-order chi connectivity index (χ0) is 11.0. The maximum atomic E-state index is 11.0. The molecule has 0 fully saturated rings. The molecule has 1 aromatic rings. The maximum Gasteiger partial charge on any atom is 0.310 e. The number of rotatable bonds is 2. The Morgan fingerprint density at radius 2 is 2.33 bits per heavy atom. The Morgan fingerprint density at radius 3 is 3.00 bits per heavy atom. The number of carboxylic acids is 1. The first-order valence-electron chi connectivity index (χ1n) is 5.09. The van der Waals surface area contributed by atoms with Gasteiger partial charge in [-0.15, -0.1) is 11.8 Å². The first-order chi connectivity index (χ1) is 7.11. The molecule has 0 saturated carbocycles. The Labute approximate surface area is 93.7 Å². The predicted molar refractivity (Wildman–Crippen MR) is 61.6 cm³/mol. The van der Waals surface area contributed by atoms with E-state index < -0.39 is 11.9 Å². The van der Waals surface area contributed by atoms with E-state index in [9.17, 15) is 4.79 Å². The van der Waals surface area contributed by atoms with Gasteiger partial charge < -0.3 is 5.11 Å². The highest BCUT2D eigenvalue weighted by atomic mass is 32.2. The monoisotopic (exact) mass is 222 g/mol. The minimum atomic E-state index is -0.743. The quantitative estimate of drug-likeness (QED) is 0.835. The number of hydrogen-bond acceptors (Lipinski definition) is 2. The second-order valence-corrected chi connectivity index (χ2v) is 5.09. The molecule has 0 radical (unpaired) electrons. The average molecular weight is 222 g/mol. The molecule has 2 atom stereocenters. The first kappa shape index (κ1) is 10.6. The van der Waals surface area contributed by atoms with Gasteiger partial charge in [-0.25, -0.2) is 0 Å². The van der Waals surface area contributed by atoms with Crippen molar-refractivity contribution in [2.45, 2.75) is 30.6 Å². The lowest BCUT2D eigenvalue weighted by Gasteiger charge is -2.14. The Hall–Kier alpha value is -0.960. The topological polar surface area (TPSA) is 37.3 Å². The number of thioether (sulfide) groups is 1. The summed E-state index contributed by atoms with van der Waals surface area (Å²) in [6, 6.07) is 5.99. The van der Waals surface area contributed by atoms with Gasteiger partial charge in [0.2, 0.25) is 0 Å². The molecule has 0 aromatic heterocycles. The maximum absolute atomic E-state index is 11.0. The van der Waals surface area contributed by atoms with Crippen LogP contribution in [-0.4, -0.2) is 16.8 Å². The Balaban J connectivity index is 2.49. The molecule has 2 nitrogen and oxygen atoms in total. The van der Waals surface area contributed by atoms with Crippen LogP contribution in [0.4, 0.5) is 0 Å². The summed E-state index contributed by atoms with van der Waals surface area (Å²) in [4.78, 5) is 12.3. The fraction of sp³-hybridized carbons (Fsp3) is 0.417. The highest BCUT2D eigenvalue weighted by Gasteiger charge is 2.26. The van der Waals surface area contributed by atoms with E-state index >= 15 is 0 Å². The van der Waals surface area contributed by atoms with E-state index in [0.29, 0.717) is 5.92 Å². The summed E-state index contributed by atoms with van der Waals surface area (Å²) in [5.74, 6) is 0.398. The molecule has 1 aromatic carbocycles. The van der Waals surface area contributed by atoms with Crippen LogP contribution in [0.15, 0.2) is 23.1 Å². The molecule has 0 saturated heterocycles. The Kier molecular flexibility index (Phi) is 2.74. The molecule has 80 valence electrons. The van der Waals surface area contributed by atoms with Gasteiger partial charge in [-0.05, 0) is 30.0 Å². The lowest BCUT2D eigenvalue weighted by atomic mass is 9.90. The number of aliphatic carboxylic acids is 1. The number of benzene rings is 1. The van der Waals surface area contributed by atoms with Gasteiger partial charge in [0.1, 0.15) is 0 Å². The number of fused-ring (bicyclic) bond motifs is 1. The van der Waals surface area contributed by atoms with E-state index in [4.69, 9.17) is 5.11 Å². The normalized spacial score (nSPS) is 21.1. The molecule has 15 heavy (non-hydrogen) atoms. The summed E-state index contributed by atoms with van der Waals surface area (Å²) in [5, 5.41) is 9.05. The van der Waals surface area contributed by atoms with E-state index in [-0.39, 0.29) is 0 Å². The zero-order valence-electron chi connectivity index (χ0n) is 8.86. The zero-order valence-corrected chi connectivity index (χ0v) is 9.67. The number of carboxylic acid groups (broad SMARTS) is 1. The van der Waals surface area contributed by atoms with Crippen LogP contribution in [0.1, 0.15) is 36.8 Å². The van der Waals surface area contributed by atoms with Gasteiger partial charge in [0.05, 0.1) is 5.92 Å². The lowest BCUT2D eigenvalue weighted by Crippen LogP contribution is -2.10.